The zero-order chi connectivity index (χ0) is 37.5. The lowest BCUT2D eigenvalue weighted by Crippen LogP contribution is -2.44. The summed E-state index contributed by atoms with van der Waals surface area (Å²) in [6.45, 7) is 5.23. The number of anilines is 1. The Labute approximate surface area is 315 Å². The number of halogens is 1. The van der Waals surface area contributed by atoms with E-state index in [-0.39, 0.29) is 18.2 Å². The second-order valence-electron chi connectivity index (χ2n) is 12.7. The van der Waals surface area contributed by atoms with Crippen molar-refractivity contribution in [3.05, 3.63) is 121 Å². The number of hydrogen-bond acceptors (Lipinski definition) is 10. The predicted octanol–water partition coefficient (Wildman–Crippen LogP) is 8.01. The summed E-state index contributed by atoms with van der Waals surface area (Å²) in [6, 6.07) is 18.3. The highest BCUT2D eigenvalue weighted by Gasteiger charge is 2.29. The van der Waals surface area contributed by atoms with Gasteiger partial charge in [0.15, 0.2) is 11.3 Å². The highest BCUT2D eigenvalue weighted by Crippen LogP contribution is 2.37. The summed E-state index contributed by atoms with van der Waals surface area (Å²) in [5.41, 5.74) is 7.13. The predicted molar refractivity (Wildman–Crippen MR) is 202 cm³/mol. The molecule has 1 aliphatic rings. The maximum absolute atomic E-state index is 12.9. The van der Waals surface area contributed by atoms with Gasteiger partial charge in [0.05, 0.1) is 15.5 Å². The van der Waals surface area contributed by atoms with Gasteiger partial charge in [0.1, 0.15) is 36.8 Å². The van der Waals surface area contributed by atoms with Crippen LogP contribution in [0.5, 0.6) is 11.5 Å². The maximum atomic E-state index is 12.9. The summed E-state index contributed by atoms with van der Waals surface area (Å²) >= 11 is 7.85. The Bertz CT molecular complexity index is 2220. The first-order chi connectivity index (χ1) is 25.6. The number of aldehydes is 1. The van der Waals surface area contributed by atoms with E-state index in [1.807, 2.05) is 55.1 Å². The number of carbonyl (C=O) groups is 3. The van der Waals surface area contributed by atoms with Gasteiger partial charge in [0, 0.05) is 48.0 Å². The van der Waals surface area contributed by atoms with Crippen LogP contribution in [0.25, 0.3) is 11.1 Å². The van der Waals surface area contributed by atoms with Gasteiger partial charge in [-0.2, -0.15) is 5.26 Å². The molecule has 11 nitrogen and oxygen atoms in total. The number of rotatable bonds is 13. The summed E-state index contributed by atoms with van der Waals surface area (Å²) in [5, 5.41) is 22.7. The van der Waals surface area contributed by atoms with Crippen molar-refractivity contribution in [2.75, 3.05) is 11.9 Å². The molecule has 1 fully saturated rings. The number of thiazole rings is 1. The molecule has 3 aromatic carbocycles. The molecule has 5 aromatic rings. The van der Waals surface area contributed by atoms with E-state index in [2.05, 4.69) is 21.4 Å². The Hall–Kier alpha value is -5.61. The fourth-order valence-corrected chi connectivity index (χ4v) is 7.25. The number of pyridine rings is 1. The van der Waals surface area contributed by atoms with Crippen LogP contribution in [-0.2, 0) is 24.6 Å². The number of benzene rings is 3. The average Bonchev–Trinajstić information content (AvgIpc) is 3.66. The molecule has 1 unspecified atom stereocenters. The Balaban J connectivity index is 1.24. The van der Waals surface area contributed by atoms with Gasteiger partial charge >= 0.3 is 5.97 Å². The molecule has 0 spiro atoms. The Morgan fingerprint density at radius 1 is 1.02 bits per heavy atom. The molecule has 2 N–H and O–H groups in total. The van der Waals surface area contributed by atoms with Crippen molar-refractivity contribution >= 4 is 46.8 Å². The normalized spacial score (nSPS) is 14.3. The molecule has 3 heterocycles. The van der Waals surface area contributed by atoms with Gasteiger partial charge < -0.3 is 19.9 Å². The van der Waals surface area contributed by atoms with Crippen LogP contribution in [0, 0.1) is 25.2 Å². The molecule has 270 valence electrons. The van der Waals surface area contributed by atoms with E-state index in [9.17, 15) is 24.8 Å². The van der Waals surface area contributed by atoms with Gasteiger partial charge in [-0.15, -0.1) is 11.3 Å². The molecule has 1 amide bonds. The molecular formula is C40H36ClN5O6S. The highest BCUT2D eigenvalue weighted by molar-refractivity contribution is 7.15. The summed E-state index contributed by atoms with van der Waals surface area (Å²) in [5.74, 6) is -0.361. The number of aliphatic carboxylic acids is 1. The number of aromatic nitrogens is 2. The minimum atomic E-state index is -0.855. The largest absolute Gasteiger partial charge is 0.488 e. The third-order valence-electron chi connectivity index (χ3n) is 9.24. The average molecular weight is 750 g/mol. The Morgan fingerprint density at radius 2 is 1.79 bits per heavy atom. The smallest absolute Gasteiger partial charge is 0.320 e. The van der Waals surface area contributed by atoms with E-state index in [1.54, 1.807) is 24.4 Å². The van der Waals surface area contributed by atoms with E-state index in [1.165, 1.54) is 12.4 Å². The van der Waals surface area contributed by atoms with E-state index in [0.717, 1.165) is 57.6 Å². The van der Waals surface area contributed by atoms with Crippen LogP contribution in [0.1, 0.15) is 72.1 Å². The molecule has 53 heavy (non-hydrogen) atoms. The first kappa shape index (κ1) is 37.2. The minimum Gasteiger partial charge on any atom is -0.488 e. The molecule has 0 radical (unpaired) electrons. The lowest BCUT2D eigenvalue weighted by atomic mass is 9.93. The molecule has 0 aliphatic carbocycles. The number of piperidine rings is 1. The van der Waals surface area contributed by atoms with Gasteiger partial charge in [-0.1, -0.05) is 48.4 Å². The summed E-state index contributed by atoms with van der Waals surface area (Å²) in [4.78, 5) is 46.5. The molecule has 1 atom stereocenters. The van der Waals surface area contributed by atoms with Crippen molar-refractivity contribution in [1.29, 1.82) is 5.26 Å². The van der Waals surface area contributed by atoms with E-state index < -0.39 is 17.9 Å². The van der Waals surface area contributed by atoms with E-state index in [4.69, 9.17) is 21.1 Å². The zero-order valence-electron chi connectivity index (χ0n) is 29.1. The van der Waals surface area contributed by atoms with Crippen molar-refractivity contribution in [1.82, 2.24) is 14.9 Å². The van der Waals surface area contributed by atoms with Crippen LogP contribution in [-0.4, -0.2) is 50.7 Å². The number of carbonyl (C=O) groups excluding carboxylic acids is 2. The number of nitrogens with one attached hydrogen (secondary N) is 1. The monoisotopic (exact) mass is 749 g/mol. The van der Waals surface area contributed by atoms with Crippen LogP contribution >= 0.6 is 22.9 Å². The van der Waals surface area contributed by atoms with Crippen LogP contribution < -0.4 is 14.8 Å². The van der Waals surface area contributed by atoms with Crippen molar-refractivity contribution < 1.29 is 29.0 Å². The fraction of sp³-hybridized carbons (Fsp3) is 0.250. The lowest BCUT2D eigenvalue weighted by molar-refractivity contribution is -0.144. The molecular weight excluding hydrogens is 714 g/mol. The van der Waals surface area contributed by atoms with Crippen LogP contribution in [0.3, 0.4) is 0 Å². The summed E-state index contributed by atoms with van der Waals surface area (Å²) < 4.78 is 12.6. The number of carboxylic acids is 1. The summed E-state index contributed by atoms with van der Waals surface area (Å²) in [6.07, 6.45) is 7.48. The molecule has 13 heteroatoms. The maximum Gasteiger partial charge on any atom is 0.320 e. The van der Waals surface area contributed by atoms with Gasteiger partial charge in [-0.05, 0) is 79.3 Å². The van der Waals surface area contributed by atoms with Gasteiger partial charge in [0.2, 0.25) is 0 Å². The number of likely N-dealkylation sites (tertiary alicyclic amines) is 1. The fourth-order valence-electron chi connectivity index (χ4n) is 6.38. The van der Waals surface area contributed by atoms with E-state index >= 15 is 0 Å². The van der Waals surface area contributed by atoms with Gasteiger partial charge in [-0.3, -0.25) is 24.3 Å². The van der Waals surface area contributed by atoms with Crippen molar-refractivity contribution in [2.45, 2.75) is 58.9 Å². The SMILES string of the molecule is Cc1c(COc2cc(OCc3cncc(C#N)c3)c(CN3CCCCC3C(=O)O)cc2Cl)cccc1-c1cccc(NC(=O)c2ncc(C=O)s2)c1C. The number of hydrogen-bond donors (Lipinski definition) is 2. The van der Waals surface area contributed by atoms with Gasteiger partial charge in [-0.25, -0.2) is 4.98 Å². The third kappa shape index (κ3) is 8.72. The number of carboxylic acid groups (broad SMARTS) is 1. The molecule has 2 aromatic heterocycles. The first-order valence-electron chi connectivity index (χ1n) is 16.9. The van der Waals surface area contributed by atoms with E-state index in [0.29, 0.717) is 64.0 Å². The quantitative estimate of drug-likeness (QED) is 0.113. The number of nitriles is 1. The second kappa shape index (κ2) is 16.8. The molecule has 0 saturated carbocycles. The van der Waals surface area contributed by atoms with Crippen LogP contribution in [0.4, 0.5) is 5.69 Å². The Morgan fingerprint density at radius 3 is 2.55 bits per heavy atom. The topological polar surface area (TPSA) is 155 Å². The Kier molecular flexibility index (Phi) is 11.8. The molecule has 0 bridgehead atoms. The van der Waals surface area contributed by atoms with Crippen molar-refractivity contribution in [3.8, 4) is 28.7 Å². The summed E-state index contributed by atoms with van der Waals surface area (Å²) in [7, 11) is 0. The molecule has 1 saturated heterocycles. The first-order valence-corrected chi connectivity index (χ1v) is 18.1. The number of amides is 1. The highest BCUT2D eigenvalue weighted by atomic mass is 35.5. The van der Waals surface area contributed by atoms with Gasteiger partial charge in [0.25, 0.3) is 5.91 Å². The van der Waals surface area contributed by atoms with Crippen molar-refractivity contribution in [3.63, 3.8) is 0 Å². The number of ether oxygens (including phenoxy) is 2. The minimum absolute atomic E-state index is 0.128. The molecule has 1 aliphatic heterocycles. The van der Waals surface area contributed by atoms with Crippen LogP contribution in [0.2, 0.25) is 5.02 Å². The lowest BCUT2D eigenvalue weighted by Gasteiger charge is -2.33. The standard InChI is InChI=1S/C40H36ClN5O6S/c1-24-28(7-5-8-31(24)32-9-6-10-34(25(32)2)45-38(48)39-44-19-30(21-47)53-39)23-52-37-15-36(51-22-27-13-26(16-42)17-43-18-27)29(14-33(37)41)20-46-12-4-3-11-35(46)40(49)50/h5-10,13-15,17-19,21,35H,3-4,11-12,20,22-23H2,1-2H3,(H,45,48)(H,49,50). The van der Waals surface area contributed by atoms with Crippen LogP contribution in [0.15, 0.2) is 73.2 Å². The zero-order valence-corrected chi connectivity index (χ0v) is 30.7. The molecule has 6 rings (SSSR count). The second-order valence-corrected chi connectivity index (χ2v) is 14.2. The third-order valence-corrected chi connectivity index (χ3v) is 10.5. The number of nitrogens with zero attached hydrogens (tertiary/aromatic N) is 4. The van der Waals surface area contributed by atoms with Crippen molar-refractivity contribution in [2.24, 2.45) is 0 Å².